The van der Waals surface area contributed by atoms with Crippen molar-refractivity contribution in [2.24, 2.45) is 17.6 Å². The van der Waals surface area contributed by atoms with Gasteiger partial charge >= 0.3 is 11.9 Å². The summed E-state index contributed by atoms with van der Waals surface area (Å²) in [6.45, 7) is 11.1. The number of aliphatic carboxylic acids is 2. The minimum atomic E-state index is -1.67. The number of nitrogens with two attached hydrogens (primary N) is 1. The van der Waals surface area contributed by atoms with Gasteiger partial charge in [-0.15, -0.1) is 0 Å². The summed E-state index contributed by atoms with van der Waals surface area (Å²) in [4.78, 5) is 133. The molecule has 1 aliphatic heterocycles. The molecule has 1 heterocycles. The van der Waals surface area contributed by atoms with E-state index in [1.165, 1.54) is 11.8 Å². The number of rotatable bonds is 29. The third-order valence-electron chi connectivity index (χ3n) is 11.5. The normalized spacial score (nSPS) is 17.0. The maximum Gasteiger partial charge on any atom is 0.326 e. The second-order valence-electron chi connectivity index (χ2n) is 17.8. The van der Waals surface area contributed by atoms with Gasteiger partial charge in [-0.25, -0.2) is 4.79 Å². The second-order valence-corrected chi connectivity index (χ2v) is 17.8. The van der Waals surface area contributed by atoms with E-state index in [0.717, 1.165) is 6.42 Å². The smallest absolute Gasteiger partial charge is 0.326 e. The number of hydrogen-bond donors (Lipinski definition) is 11. The molecule has 380 valence electrons. The quantitative estimate of drug-likeness (QED) is 0.0439. The molecule has 68 heavy (non-hydrogen) atoms. The summed E-state index contributed by atoms with van der Waals surface area (Å²) in [5.74, 6) is -9.55. The van der Waals surface area contributed by atoms with E-state index in [9.17, 15) is 58.2 Å². The van der Waals surface area contributed by atoms with Crippen LogP contribution in [0.3, 0.4) is 0 Å². The molecule has 2 rings (SSSR count). The number of aliphatic hydroxyl groups excluding tert-OH is 1. The number of carbonyl (C=O) groups is 10. The Balaban J connectivity index is 2.29. The Hall–Kier alpha value is -6.16. The van der Waals surface area contributed by atoms with Crippen LogP contribution in [-0.4, -0.2) is 147 Å². The van der Waals surface area contributed by atoms with Gasteiger partial charge in [-0.3, -0.25) is 43.2 Å². The highest BCUT2D eigenvalue weighted by Gasteiger charge is 2.41. The molecule has 22 nitrogen and oxygen atoms in total. The molecule has 9 atom stereocenters. The highest BCUT2D eigenvalue weighted by molar-refractivity contribution is 5.98. The van der Waals surface area contributed by atoms with Gasteiger partial charge in [0.15, 0.2) is 0 Å². The summed E-state index contributed by atoms with van der Waals surface area (Å²) in [7, 11) is 0. The highest BCUT2D eigenvalue weighted by atomic mass is 16.4. The lowest BCUT2D eigenvalue weighted by Gasteiger charge is -2.32. The fourth-order valence-electron chi connectivity index (χ4n) is 7.41. The number of unbranched alkanes of at least 4 members (excludes halogenated alkanes) is 2. The molecular formula is C46H73N9O13. The van der Waals surface area contributed by atoms with E-state index in [1.807, 2.05) is 6.92 Å². The summed E-state index contributed by atoms with van der Waals surface area (Å²) in [5.41, 5.74) is 6.42. The summed E-state index contributed by atoms with van der Waals surface area (Å²) in [6.07, 6.45) is 1.75. The van der Waals surface area contributed by atoms with Crippen molar-refractivity contribution in [1.29, 1.82) is 0 Å². The molecular weight excluding hydrogens is 887 g/mol. The van der Waals surface area contributed by atoms with E-state index in [1.54, 1.807) is 65.0 Å². The van der Waals surface area contributed by atoms with Crippen LogP contribution in [0.25, 0.3) is 0 Å². The molecule has 0 aromatic heterocycles. The van der Waals surface area contributed by atoms with Crippen molar-refractivity contribution in [1.82, 2.24) is 42.1 Å². The maximum atomic E-state index is 14.1. The van der Waals surface area contributed by atoms with E-state index < -0.39 is 139 Å². The van der Waals surface area contributed by atoms with Crippen molar-refractivity contribution in [3.63, 3.8) is 0 Å². The predicted octanol–water partition coefficient (Wildman–Crippen LogP) is -0.795. The predicted molar refractivity (Wildman–Crippen MR) is 248 cm³/mol. The number of carboxylic acids is 2. The van der Waals surface area contributed by atoms with Crippen LogP contribution in [0.1, 0.15) is 112 Å². The van der Waals surface area contributed by atoms with Crippen LogP contribution in [0.5, 0.6) is 0 Å². The maximum absolute atomic E-state index is 14.1. The molecule has 0 bridgehead atoms. The fraction of sp³-hybridized carbons (Fsp3) is 0.652. The van der Waals surface area contributed by atoms with Crippen molar-refractivity contribution < 1.29 is 63.3 Å². The van der Waals surface area contributed by atoms with Crippen molar-refractivity contribution in [2.45, 2.75) is 167 Å². The first-order valence-corrected chi connectivity index (χ1v) is 23.3. The summed E-state index contributed by atoms with van der Waals surface area (Å²) in [5, 5.41) is 46.3. The van der Waals surface area contributed by atoms with Gasteiger partial charge < -0.3 is 63.2 Å². The minimum Gasteiger partial charge on any atom is -0.481 e. The van der Waals surface area contributed by atoms with Gasteiger partial charge in [0, 0.05) is 19.4 Å². The minimum absolute atomic E-state index is 0.0123. The van der Waals surface area contributed by atoms with Crippen LogP contribution in [-0.2, 0) is 54.4 Å². The Morgan fingerprint density at radius 2 is 1.19 bits per heavy atom. The van der Waals surface area contributed by atoms with Crippen LogP contribution in [0.2, 0.25) is 0 Å². The van der Waals surface area contributed by atoms with Crippen LogP contribution >= 0.6 is 0 Å². The SMILES string of the molecule is CCCCC[C@H](NC(=O)[C@@H](NC(=O)C(CC)NC(=O)[C@H](Cc1ccccc1)NC(=O)[C@@H]1CCCN1C(=O)[C@@H](NC(=O)[C@H](C)N)C(C)C)C(C)C)C(=O)N[C@@H](CO)C(=O)N[C@@H](CCC(=O)O)C(=O)O. The lowest BCUT2D eigenvalue weighted by molar-refractivity contribution is -0.143. The highest BCUT2D eigenvalue weighted by Crippen LogP contribution is 2.21. The van der Waals surface area contributed by atoms with E-state index >= 15 is 0 Å². The zero-order chi connectivity index (χ0) is 51.2. The first kappa shape index (κ1) is 58.0. The first-order chi connectivity index (χ1) is 32.1. The molecule has 8 amide bonds. The molecule has 1 aromatic carbocycles. The summed E-state index contributed by atoms with van der Waals surface area (Å²) >= 11 is 0. The molecule has 0 spiro atoms. The topological polar surface area (TPSA) is 345 Å². The van der Waals surface area contributed by atoms with Gasteiger partial charge in [0.05, 0.1) is 12.6 Å². The molecule has 22 heteroatoms. The van der Waals surface area contributed by atoms with Crippen LogP contribution in [0, 0.1) is 11.8 Å². The van der Waals surface area contributed by atoms with Crippen molar-refractivity contribution >= 4 is 59.2 Å². The first-order valence-electron chi connectivity index (χ1n) is 23.3. The van der Waals surface area contributed by atoms with Crippen LogP contribution in [0.15, 0.2) is 30.3 Å². The Morgan fingerprint density at radius 3 is 1.74 bits per heavy atom. The van der Waals surface area contributed by atoms with Crippen molar-refractivity contribution in [3.8, 4) is 0 Å². The molecule has 1 fully saturated rings. The Kier molecular flexibility index (Phi) is 24.6. The van der Waals surface area contributed by atoms with Gasteiger partial charge in [-0.1, -0.05) is 91.1 Å². The number of carbonyl (C=O) groups excluding carboxylic acids is 8. The van der Waals surface area contributed by atoms with Gasteiger partial charge in [-0.2, -0.15) is 0 Å². The van der Waals surface area contributed by atoms with Crippen molar-refractivity contribution in [2.75, 3.05) is 13.2 Å². The number of aliphatic hydroxyl groups is 1. The molecule has 0 aliphatic carbocycles. The number of nitrogens with one attached hydrogen (secondary N) is 7. The standard InChI is InChI=1S/C46H73N9O13/c1-8-10-12-18-30(40(61)52-33(24-56)42(63)50-31(46(67)68)20-21-35(57)58)49-44(65)36(25(3)4)53-39(60)29(9-2)48-41(62)32(23-28-16-13-11-14-17-28)51-43(64)34-19-15-22-55(34)45(66)37(26(5)6)54-38(59)27(7)47/h11,13-14,16-17,25-27,29-34,36-37,56H,8-10,12,15,18-24,47H2,1-7H3,(H,48,62)(H,49,65)(H,50,63)(H,51,64)(H,52,61)(H,53,60)(H,54,59)(H,57,58)(H,67,68)/t27-,29?,30-,31-,32-,33-,34-,36-,37-/m0/s1. The van der Waals surface area contributed by atoms with Gasteiger partial charge in [0.2, 0.25) is 47.3 Å². The molecule has 1 aliphatic rings. The third kappa shape index (κ3) is 18.5. The zero-order valence-electron chi connectivity index (χ0n) is 40.2. The molecule has 0 radical (unpaired) electrons. The van der Waals surface area contributed by atoms with Crippen LogP contribution < -0.4 is 43.0 Å². The zero-order valence-corrected chi connectivity index (χ0v) is 40.2. The number of likely N-dealkylation sites (tertiary alicyclic amines) is 1. The number of amides is 8. The van der Waals surface area contributed by atoms with Gasteiger partial charge in [0.25, 0.3) is 0 Å². The summed E-state index contributed by atoms with van der Waals surface area (Å²) < 4.78 is 0. The number of carboxylic acid groups (broad SMARTS) is 2. The van der Waals surface area contributed by atoms with Gasteiger partial charge in [-0.05, 0) is 56.4 Å². The molecule has 1 saturated heterocycles. The van der Waals surface area contributed by atoms with Crippen LogP contribution in [0.4, 0.5) is 0 Å². The molecule has 1 unspecified atom stereocenters. The average Bonchev–Trinajstić information content (AvgIpc) is 3.79. The molecule has 12 N–H and O–H groups in total. The second kappa shape index (κ2) is 28.9. The van der Waals surface area contributed by atoms with E-state index in [2.05, 4.69) is 37.2 Å². The number of nitrogens with zero attached hydrogens (tertiary/aromatic N) is 1. The van der Waals surface area contributed by atoms with Crippen molar-refractivity contribution in [3.05, 3.63) is 35.9 Å². The lowest BCUT2D eigenvalue weighted by atomic mass is 10.0. The monoisotopic (exact) mass is 960 g/mol. The summed E-state index contributed by atoms with van der Waals surface area (Å²) in [6, 6.07) is -2.23. The Morgan fingerprint density at radius 1 is 0.647 bits per heavy atom. The molecule has 1 aromatic rings. The van der Waals surface area contributed by atoms with E-state index in [4.69, 9.17) is 10.8 Å². The number of benzene rings is 1. The van der Waals surface area contributed by atoms with E-state index in [0.29, 0.717) is 31.2 Å². The number of hydrogen-bond acceptors (Lipinski definition) is 12. The third-order valence-corrected chi connectivity index (χ3v) is 11.5. The Labute approximate surface area is 397 Å². The van der Waals surface area contributed by atoms with E-state index in [-0.39, 0.29) is 31.7 Å². The fourth-order valence-corrected chi connectivity index (χ4v) is 7.41. The molecule has 0 saturated carbocycles. The lowest BCUT2D eigenvalue weighted by Crippen LogP contribution is -2.61. The largest absolute Gasteiger partial charge is 0.481 e. The Bertz CT molecular complexity index is 1900. The average molecular weight is 960 g/mol. The van der Waals surface area contributed by atoms with Gasteiger partial charge in [0.1, 0.15) is 48.3 Å².